The van der Waals surface area contributed by atoms with E-state index in [1.54, 1.807) is 9.00 Å². The second kappa shape index (κ2) is 20.8. The molecule has 0 aliphatic heterocycles. The molecular formula is C24H40Cl2S2Si2Zn2. The van der Waals surface area contributed by atoms with Gasteiger partial charge in [-0.25, -0.2) is 12.1 Å². The standard InChI is InChI=1S/C24H40S2Si2.2ClH.2Zn/c1-5-9-19-27(20-10-6-2,23-15-13-17-25-23)28(21-11-7-3,22-12-8-4)24-16-14-18-26-24;;;;/h13-16H,5-12,19-22H2,1-4H3;2*1H;;/q-2;;;2*+2/p-2. The summed E-state index contributed by atoms with van der Waals surface area (Å²) < 4.78 is 3.59. The van der Waals surface area contributed by atoms with Gasteiger partial charge in [0.05, 0.1) is 0 Å². The van der Waals surface area contributed by atoms with E-state index in [-0.39, 0.29) is 0 Å². The zero-order chi connectivity index (χ0) is 24.3. The number of unbranched alkanes of at least 4 members (excludes halogenated alkanes) is 4. The fraction of sp³-hybridized carbons (Fsp3) is 0.667. The van der Waals surface area contributed by atoms with Crippen molar-refractivity contribution >= 4 is 66.2 Å². The van der Waals surface area contributed by atoms with Gasteiger partial charge in [-0.1, -0.05) is 103 Å². The molecule has 2 aromatic heterocycles. The maximum atomic E-state index is 4.76. The Morgan fingerprint density at radius 2 is 0.906 bits per heavy atom. The molecule has 0 radical (unpaired) electrons. The Bertz CT molecular complexity index is 568. The molecule has 0 aliphatic rings. The van der Waals surface area contributed by atoms with Gasteiger partial charge in [-0.15, -0.1) is 10.8 Å². The zero-order valence-corrected chi connectivity index (χ0v) is 31.9. The van der Waals surface area contributed by atoms with Gasteiger partial charge in [-0.3, -0.25) is 0 Å². The topological polar surface area (TPSA) is 0 Å². The molecule has 174 valence electrons. The van der Waals surface area contributed by atoms with Crippen molar-refractivity contribution in [3.8, 4) is 0 Å². The average molecular weight is 651 g/mol. The van der Waals surface area contributed by atoms with Crippen molar-refractivity contribution in [3.05, 3.63) is 35.0 Å². The Morgan fingerprint density at radius 1 is 0.625 bits per heavy atom. The minimum atomic E-state index is -1.60. The zero-order valence-electron chi connectivity index (χ0n) is 20.8. The number of thiophene rings is 2. The Labute approximate surface area is 236 Å². The fourth-order valence-electron chi connectivity index (χ4n) is 5.08. The van der Waals surface area contributed by atoms with E-state index in [9.17, 15) is 0 Å². The van der Waals surface area contributed by atoms with Crippen LogP contribution in [0.5, 0.6) is 0 Å². The molecule has 0 unspecified atom stereocenters. The molecule has 0 atom stereocenters. The molecule has 8 heteroatoms. The molecule has 0 nitrogen and oxygen atoms in total. The van der Waals surface area contributed by atoms with Gasteiger partial charge in [-0.2, -0.15) is 21.1 Å². The van der Waals surface area contributed by atoms with Crippen molar-refractivity contribution in [2.45, 2.75) is 103 Å². The van der Waals surface area contributed by atoms with Gasteiger partial charge in [-0.05, 0) is 0 Å². The summed E-state index contributed by atoms with van der Waals surface area (Å²) in [5.41, 5.74) is 0. The van der Waals surface area contributed by atoms with Crippen LogP contribution in [0.4, 0.5) is 0 Å². The van der Waals surface area contributed by atoms with E-state index in [0.717, 1.165) is 34.6 Å². The molecule has 2 aromatic rings. The molecule has 0 bridgehead atoms. The van der Waals surface area contributed by atoms with Crippen molar-refractivity contribution in [3.63, 3.8) is 0 Å². The third-order valence-electron chi connectivity index (χ3n) is 6.63. The third kappa shape index (κ3) is 9.27. The quantitative estimate of drug-likeness (QED) is 0.133. The molecular weight excluding hydrogens is 610 g/mol. The van der Waals surface area contributed by atoms with Crippen LogP contribution in [0.25, 0.3) is 0 Å². The van der Waals surface area contributed by atoms with Crippen LogP contribution in [0.15, 0.2) is 24.3 Å². The van der Waals surface area contributed by atoms with E-state index in [2.05, 4.69) is 62.7 Å². The number of rotatable bonds is 15. The summed E-state index contributed by atoms with van der Waals surface area (Å²) in [5, 5.41) is 7.02. The van der Waals surface area contributed by atoms with Crippen LogP contribution in [0, 0.1) is 10.8 Å². The molecule has 0 saturated heterocycles. The van der Waals surface area contributed by atoms with Crippen LogP contribution in [0.3, 0.4) is 0 Å². The second-order valence-electron chi connectivity index (χ2n) is 8.41. The average Bonchev–Trinajstić information content (AvgIpc) is 3.58. The Kier molecular flexibility index (Phi) is 21.9. The summed E-state index contributed by atoms with van der Waals surface area (Å²) in [6.45, 7) is 9.55. The van der Waals surface area contributed by atoms with Gasteiger partial charge >= 0.3 is 54.0 Å². The van der Waals surface area contributed by atoms with E-state index in [1.165, 1.54) is 75.5 Å². The van der Waals surface area contributed by atoms with Gasteiger partial charge in [0.25, 0.3) is 0 Å². The Morgan fingerprint density at radius 3 is 1.09 bits per heavy atom. The number of hydrogen-bond donors (Lipinski definition) is 0. The molecule has 0 aromatic carbocycles. The van der Waals surface area contributed by atoms with Crippen LogP contribution in [0.1, 0.15) is 79.1 Å². The fourth-order valence-corrected chi connectivity index (χ4v) is 33.6. The normalized spacial score (nSPS) is 11.4. The molecule has 0 saturated carbocycles. The summed E-state index contributed by atoms with van der Waals surface area (Å²) in [7, 11) is 6.32. The monoisotopic (exact) mass is 646 g/mol. The van der Waals surface area contributed by atoms with Crippen LogP contribution in [-0.4, -0.2) is 15.2 Å². The molecule has 32 heavy (non-hydrogen) atoms. The first-order valence-electron chi connectivity index (χ1n) is 12.2. The van der Waals surface area contributed by atoms with Gasteiger partial charge in [0.1, 0.15) is 0 Å². The first-order valence-corrected chi connectivity index (χ1v) is 27.4. The molecule has 0 amide bonds. The first kappa shape index (κ1) is 33.7. The molecule has 0 spiro atoms. The van der Waals surface area contributed by atoms with E-state index < -0.39 is 15.2 Å². The van der Waals surface area contributed by atoms with Crippen LogP contribution >= 0.6 is 42.1 Å². The van der Waals surface area contributed by atoms with Crippen molar-refractivity contribution in [1.29, 1.82) is 0 Å². The van der Waals surface area contributed by atoms with Crippen LogP contribution in [-0.2, 0) is 34.6 Å². The molecule has 2 rings (SSSR count). The van der Waals surface area contributed by atoms with Gasteiger partial charge in [0.2, 0.25) is 0 Å². The maximum absolute atomic E-state index is 4.76. The predicted molar refractivity (Wildman–Crippen MR) is 148 cm³/mol. The predicted octanol–water partition coefficient (Wildman–Crippen LogP) is 9.07. The van der Waals surface area contributed by atoms with Gasteiger partial charge in [0.15, 0.2) is 0 Å². The van der Waals surface area contributed by atoms with Crippen LogP contribution in [0.2, 0.25) is 24.2 Å². The summed E-state index contributed by atoms with van der Waals surface area (Å²) >= 11 is 5.67. The minimum absolute atomic E-state index is 0.847. The number of hydrogen-bond acceptors (Lipinski definition) is 2. The van der Waals surface area contributed by atoms with Gasteiger partial charge in [0, 0.05) is 15.2 Å². The van der Waals surface area contributed by atoms with Crippen LogP contribution < -0.4 is 9.00 Å². The van der Waals surface area contributed by atoms with Crippen molar-refractivity contribution in [2.75, 3.05) is 0 Å². The van der Waals surface area contributed by atoms with E-state index in [0.29, 0.717) is 0 Å². The third-order valence-corrected chi connectivity index (χ3v) is 30.9. The van der Waals surface area contributed by atoms with E-state index in [1.807, 2.05) is 22.7 Å². The summed E-state index contributed by atoms with van der Waals surface area (Å²) in [6.07, 6.45) is 11.0. The Hall–Kier alpha value is 1.66. The summed E-state index contributed by atoms with van der Waals surface area (Å²) in [6, 6.07) is 15.5. The molecule has 0 N–H and O–H groups in total. The summed E-state index contributed by atoms with van der Waals surface area (Å²) in [5.74, 6) is 0. The number of halogens is 2. The van der Waals surface area contributed by atoms with Crippen molar-refractivity contribution in [1.82, 2.24) is 0 Å². The molecule has 0 aliphatic carbocycles. The van der Waals surface area contributed by atoms with E-state index in [4.69, 9.17) is 19.4 Å². The van der Waals surface area contributed by atoms with Gasteiger partial charge < -0.3 is 22.7 Å². The van der Waals surface area contributed by atoms with Crippen molar-refractivity contribution < 1.29 is 34.6 Å². The molecule has 0 fully saturated rings. The first-order chi connectivity index (χ1) is 15.7. The summed E-state index contributed by atoms with van der Waals surface area (Å²) in [4.78, 5) is 0. The SMILES string of the molecule is CCCC[Si](CCCC)(c1cc[c-]s1)[Si](CCCC)(CCCC)c1cc[c-]s1.[Cl][Zn+].[Cl][Zn+]. The second-order valence-corrected chi connectivity index (χ2v) is 24.0. The Balaban J connectivity index is 0.00000227. The molecule has 2 heterocycles. The van der Waals surface area contributed by atoms with E-state index >= 15 is 0 Å². The van der Waals surface area contributed by atoms with Crippen molar-refractivity contribution in [2.24, 2.45) is 0 Å².